The van der Waals surface area contributed by atoms with Gasteiger partial charge in [0.05, 0.1) is 18.2 Å². The van der Waals surface area contributed by atoms with Crippen LogP contribution in [0.15, 0.2) is 0 Å². The van der Waals surface area contributed by atoms with Crippen LogP contribution in [-0.4, -0.2) is 30.7 Å². The van der Waals surface area contributed by atoms with E-state index in [9.17, 15) is 4.79 Å². The molecule has 12 heavy (non-hydrogen) atoms. The van der Waals surface area contributed by atoms with Gasteiger partial charge in [-0.25, -0.2) is 0 Å². The molecule has 1 aliphatic heterocycles. The summed E-state index contributed by atoms with van der Waals surface area (Å²) < 4.78 is 5.14. The summed E-state index contributed by atoms with van der Waals surface area (Å²) in [6, 6.07) is 0.193. The van der Waals surface area contributed by atoms with Crippen LogP contribution in [0.3, 0.4) is 0 Å². The maximum Gasteiger partial charge on any atom is 0.240 e. The van der Waals surface area contributed by atoms with Gasteiger partial charge >= 0.3 is 0 Å². The summed E-state index contributed by atoms with van der Waals surface area (Å²) in [5.74, 6) is -0.00185. The molecule has 68 valence electrons. The quantitative estimate of drug-likeness (QED) is 0.580. The van der Waals surface area contributed by atoms with Crippen LogP contribution in [-0.2, 0) is 9.53 Å². The first-order valence-electron chi connectivity index (χ1n) is 4.38. The van der Waals surface area contributed by atoms with Crippen LogP contribution in [0, 0.1) is 0 Å². The van der Waals surface area contributed by atoms with Crippen molar-refractivity contribution in [2.75, 3.05) is 13.2 Å². The largest absolute Gasteiger partial charge is 0.379 e. The molecule has 0 aromatic heterocycles. The van der Waals surface area contributed by atoms with Gasteiger partial charge in [-0.3, -0.25) is 4.79 Å². The van der Waals surface area contributed by atoms with Crippen LogP contribution in [0.4, 0.5) is 0 Å². The van der Waals surface area contributed by atoms with Crippen LogP contribution in [0.25, 0.3) is 0 Å². The molecular formula is C8H14N2O2. The summed E-state index contributed by atoms with van der Waals surface area (Å²) >= 11 is 0. The van der Waals surface area contributed by atoms with Crippen molar-refractivity contribution in [2.24, 2.45) is 5.73 Å². The first-order valence-corrected chi connectivity index (χ1v) is 4.38. The molecule has 0 aromatic rings. The van der Waals surface area contributed by atoms with Crippen molar-refractivity contribution in [3.63, 3.8) is 0 Å². The normalized spacial score (nSPS) is 31.6. The third-order valence-electron chi connectivity index (χ3n) is 2.51. The van der Waals surface area contributed by atoms with E-state index in [0.29, 0.717) is 6.61 Å². The van der Waals surface area contributed by atoms with Crippen molar-refractivity contribution >= 4 is 5.91 Å². The lowest BCUT2D eigenvalue weighted by atomic mass is 10.2. The van der Waals surface area contributed by atoms with E-state index < -0.39 is 5.54 Å². The highest BCUT2D eigenvalue weighted by Crippen LogP contribution is 2.32. The molecule has 0 aromatic carbocycles. The van der Waals surface area contributed by atoms with Gasteiger partial charge in [0.2, 0.25) is 5.91 Å². The van der Waals surface area contributed by atoms with Crippen LogP contribution in [0.5, 0.6) is 0 Å². The third kappa shape index (κ3) is 1.44. The summed E-state index contributed by atoms with van der Waals surface area (Å²) in [5, 5.41) is 2.89. The average molecular weight is 170 g/mol. The fourth-order valence-corrected chi connectivity index (χ4v) is 1.34. The molecule has 1 aliphatic carbocycles. The van der Waals surface area contributed by atoms with Gasteiger partial charge in [0.25, 0.3) is 0 Å². The molecule has 0 spiro atoms. The molecule has 2 aliphatic rings. The van der Waals surface area contributed by atoms with Crippen molar-refractivity contribution in [1.29, 1.82) is 0 Å². The van der Waals surface area contributed by atoms with Crippen LogP contribution >= 0.6 is 0 Å². The first kappa shape index (κ1) is 8.01. The van der Waals surface area contributed by atoms with E-state index in [-0.39, 0.29) is 11.9 Å². The van der Waals surface area contributed by atoms with Gasteiger partial charge in [-0.05, 0) is 19.3 Å². The summed E-state index contributed by atoms with van der Waals surface area (Å²) in [6.45, 7) is 1.39. The fourth-order valence-electron chi connectivity index (χ4n) is 1.34. The molecule has 1 saturated carbocycles. The fraction of sp³-hybridized carbons (Fsp3) is 0.875. The van der Waals surface area contributed by atoms with Gasteiger partial charge in [-0.15, -0.1) is 0 Å². The molecule has 0 radical (unpaired) electrons. The van der Waals surface area contributed by atoms with Gasteiger partial charge in [0.15, 0.2) is 0 Å². The Labute approximate surface area is 71.4 Å². The highest BCUT2D eigenvalue weighted by atomic mass is 16.5. The second-order valence-corrected chi connectivity index (χ2v) is 3.69. The number of carbonyl (C=O) groups excluding carboxylic acids is 1. The molecular weight excluding hydrogens is 156 g/mol. The Balaban J connectivity index is 1.82. The van der Waals surface area contributed by atoms with Crippen molar-refractivity contribution in [2.45, 2.75) is 30.8 Å². The Hall–Kier alpha value is -0.610. The molecule has 2 rings (SSSR count). The number of hydrogen-bond acceptors (Lipinski definition) is 3. The number of amides is 1. The minimum Gasteiger partial charge on any atom is -0.379 e. The summed E-state index contributed by atoms with van der Waals surface area (Å²) in [4.78, 5) is 11.4. The number of nitrogens with one attached hydrogen (secondary N) is 1. The van der Waals surface area contributed by atoms with Crippen LogP contribution < -0.4 is 11.1 Å². The zero-order valence-corrected chi connectivity index (χ0v) is 7.01. The lowest BCUT2D eigenvalue weighted by Gasteiger charge is -2.14. The summed E-state index contributed by atoms with van der Waals surface area (Å²) in [6.07, 6.45) is 2.57. The number of hydrogen-bond donors (Lipinski definition) is 2. The molecule has 1 amide bonds. The topological polar surface area (TPSA) is 64.4 Å². The van der Waals surface area contributed by atoms with Crippen LogP contribution in [0.2, 0.25) is 0 Å². The van der Waals surface area contributed by atoms with E-state index in [0.717, 1.165) is 25.9 Å². The second kappa shape index (κ2) is 2.71. The molecule has 1 saturated heterocycles. The second-order valence-electron chi connectivity index (χ2n) is 3.69. The lowest BCUT2D eigenvalue weighted by molar-refractivity contribution is -0.124. The number of rotatable bonds is 2. The Morgan fingerprint density at radius 1 is 1.58 bits per heavy atom. The minimum absolute atomic E-state index is 0.00185. The zero-order chi connectivity index (χ0) is 8.60. The van der Waals surface area contributed by atoms with Crippen molar-refractivity contribution in [3.8, 4) is 0 Å². The molecule has 2 fully saturated rings. The first-order chi connectivity index (χ1) is 5.71. The molecule has 0 bridgehead atoms. The zero-order valence-electron chi connectivity index (χ0n) is 7.01. The number of ether oxygens (including phenoxy) is 1. The monoisotopic (exact) mass is 170 g/mol. The van der Waals surface area contributed by atoms with E-state index in [1.807, 2.05) is 0 Å². The average Bonchev–Trinajstić information content (AvgIpc) is 2.63. The molecule has 1 heterocycles. The van der Waals surface area contributed by atoms with Crippen LogP contribution in [0.1, 0.15) is 19.3 Å². The Kier molecular flexibility index (Phi) is 1.81. The maximum atomic E-state index is 11.4. The van der Waals surface area contributed by atoms with Gasteiger partial charge in [-0.2, -0.15) is 0 Å². The van der Waals surface area contributed by atoms with E-state index in [2.05, 4.69) is 5.32 Å². The van der Waals surface area contributed by atoms with E-state index in [1.165, 1.54) is 0 Å². The standard InChI is InChI=1S/C8H14N2O2/c9-8(2-3-8)7(11)10-6-1-4-12-5-6/h6H,1-5,9H2,(H,10,11). The van der Waals surface area contributed by atoms with Crippen molar-refractivity contribution < 1.29 is 9.53 Å². The smallest absolute Gasteiger partial charge is 0.240 e. The highest BCUT2D eigenvalue weighted by molar-refractivity contribution is 5.89. The number of carbonyl (C=O) groups is 1. The third-order valence-corrected chi connectivity index (χ3v) is 2.51. The van der Waals surface area contributed by atoms with Gasteiger partial charge in [-0.1, -0.05) is 0 Å². The Bertz CT molecular complexity index is 195. The lowest BCUT2D eigenvalue weighted by Crippen LogP contribution is -2.47. The van der Waals surface area contributed by atoms with E-state index >= 15 is 0 Å². The predicted octanol–water partition coefficient (Wildman–Crippen LogP) is -0.617. The predicted molar refractivity (Wildman–Crippen MR) is 43.5 cm³/mol. The molecule has 3 N–H and O–H groups in total. The van der Waals surface area contributed by atoms with Gasteiger partial charge in [0.1, 0.15) is 0 Å². The van der Waals surface area contributed by atoms with Gasteiger partial charge in [0, 0.05) is 6.61 Å². The van der Waals surface area contributed by atoms with E-state index in [4.69, 9.17) is 10.5 Å². The van der Waals surface area contributed by atoms with E-state index in [1.54, 1.807) is 0 Å². The minimum atomic E-state index is -0.539. The molecule has 4 heteroatoms. The van der Waals surface area contributed by atoms with Gasteiger partial charge < -0.3 is 15.8 Å². The molecule has 4 nitrogen and oxygen atoms in total. The highest BCUT2D eigenvalue weighted by Gasteiger charge is 2.46. The Morgan fingerprint density at radius 3 is 2.83 bits per heavy atom. The molecule has 1 atom stereocenters. The van der Waals surface area contributed by atoms with Crippen molar-refractivity contribution in [1.82, 2.24) is 5.32 Å². The number of nitrogens with two attached hydrogens (primary N) is 1. The SMILES string of the molecule is NC1(C(=O)NC2CCOC2)CC1. The summed E-state index contributed by atoms with van der Waals surface area (Å²) in [7, 11) is 0. The van der Waals surface area contributed by atoms with Crippen molar-refractivity contribution in [3.05, 3.63) is 0 Å². The Morgan fingerprint density at radius 2 is 2.33 bits per heavy atom. The summed E-state index contributed by atoms with van der Waals surface area (Å²) in [5.41, 5.74) is 5.18. The molecule has 1 unspecified atom stereocenters. The maximum absolute atomic E-state index is 11.4.